The summed E-state index contributed by atoms with van der Waals surface area (Å²) in [7, 11) is 2.04. The Morgan fingerprint density at radius 3 is 2.95 bits per heavy atom. The first-order valence-corrected chi connectivity index (χ1v) is 7.61. The fourth-order valence-corrected chi connectivity index (χ4v) is 2.97. The van der Waals surface area contributed by atoms with Crippen LogP contribution >= 0.6 is 11.3 Å². The average Bonchev–Trinajstić information content (AvgIpc) is 3.01. The van der Waals surface area contributed by atoms with Crippen LogP contribution in [-0.4, -0.2) is 45.5 Å². The first kappa shape index (κ1) is 15.0. The number of nitrogens with two attached hydrogens (primary N) is 1. The molecule has 2 aromatic rings. The second kappa shape index (κ2) is 6.88. The third-order valence-corrected chi connectivity index (χ3v) is 4.28. The highest BCUT2D eigenvalue weighted by Crippen LogP contribution is 2.13. The fraction of sp³-hybridized carbons (Fsp3) is 0.500. The lowest BCUT2D eigenvalue weighted by atomic mass is 10.1. The van der Waals surface area contributed by atoms with Gasteiger partial charge in [0.25, 0.3) is 0 Å². The van der Waals surface area contributed by atoms with Crippen molar-refractivity contribution in [2.24, 2.45) is 0 Å². The first-order chi connectivity index (χ1) is 9.54. The Morgan fingerprint density at radius 2 is 2.35 bits per heavy atom. The van der Waals surface area contributed by atoms with Crippen molar-refractivity contribution in [2.45, 2.75) is 32.0 Å². The number of nitrogens with zero attached hydrogens (tertiary/aromatic N) is 3. The Balaban J connectivity index is 1.79. The maximum absolute atomic E-state index is 10.1. The molecule has 6 heteroatoms. The van der Waals surface area contributed by atoms with Gasteiger partial charge in [-0.1, -0.05) is 6.07 Å². The van der Waals surface area contributed by atoms with Crippen molar-refractivity contribution in [3.63, 3.8) is 0 Å². The summed E-state index contributed by atoms with van der Waals surface area (Å²) in [6.07, 6.45) is 3.88. The van der Waals surface area contributed by atoms with Crippen LogP contribution in [0.1, 0.15) is 11.8 Å². The van der Waals surface area contributed by atoms with E-state index in [1.165, 1.54) is 4.88 Å². The molecular weight excluding hydrogens is 272 g/mol. The van der Waals surface area contributed by atoms with Gasteiger partial charge < -0.3 is 15.7 Å². The van der Waals surface area contributed by atoms with Crippen molar-refractivity contribution in [1.29, 1.82) is 0 Å². The van der Waals surface area contributed by atoms with Gasteiger partial charge in [-0.25, -0.2) is 0 Å². The summed E-state index contributed by atoms with van der Waals surface area (Å²) in [5.41, 5.74) is 6.23. The van der Waals surface area contributed by atoms with E-state index in [4.69, 9.17) is 5.73 Å². The van der Waals surface area contributed by atoms with Gasteiger partial charge in [-0.15, -0.1) is 11.3 Å². The number of aliphatic hydroxyl groups excluding tert-OH is 1. The fourth-order valence-electron chi connectivity index (χ4n) is 2.14. The van der Waals surface area contributed by atoms with E-state index in [2.05, 4.69) is 34.4 Å². The molecule has 0 bridgehead atoms. The van der Waals surface area contributed by atoms with Crippen LogP contribution in [0.4, 0.5) is 5.69 Å². The van der Waals surface area contributed by atoms with E-state index in [0.717, 1.165) is 6.42 Å². The van der Waals surface area contributed by atoms with Crippen molar-refractivity contribution in [3.05, 3.63) is 34.8 Å². The van der Waals surface area contributed by atoms with Gasteiger partial charge in [0.1, 0.15) is 0 Å². The zero-order chi connectivity index (χ0) is 14.5. The van der Waals surface area contributed by atoms with Gasteiger partial charge in [-0.2, -0.15) is 5.10 Å². The van der Waals surface area contributed by atoms with Crippen LogP contribution in [0.5, 0.6) is 0 Å². The number of likely N-dealkylation sites (N-methyl/N-ethyl adjacent to an activating group) is 1. The molecule has 2 aromatic heterocycles. The van der Waals surface area contributed by atoms with Gasteiger partial charge in [0.05, 0.1) is 24.5 Å². The summed E-state index contributed by atoms with van der Waals surface area (Å²) in [6.45, 7) is 3.26. The quantitative estimate of drug-likeness (QED) is 0.811. The highest BCUT2D eigenvalue weighted by atomic mass is 32.1. The van der Waals surface area contributed by atoms with Crippen LogP contribution in [0.3, 0.4) is 0 Å². The van der Waals surface area contributed by atoms with E-state index in [1.54, 1.807) is 28.4 Å². The van der Waals surface area contributed by atoms with E-state index in [-0.39, 0.29) is 0 Å². The molecule has 2 heterocycles. The highest BCUT2D eigenvalue weighted by molar-refractivity contribution is 7.09. The van der Waals surface area contributed by atoms with Crippen LogP contribution < -0.4 is 5.73 Å². The molecule has 0 saturated carbocycles. The zero-order valence-corrected chi connectivity index (χ0v) is 12.8. The molecular formula is C14H22N4OS. The lowest BCUT2D eigenvalue weighted by molar-refractivity contribution is 0.0911. The molecule has 3 N–H and O–H groups in total. The summed E-state index contributed by atoms with van der Waals surface area (Å²) in [4.78, 5) is 3.55. The standard InChI is InChI=1S/C14H22N4OS/c1-11(6-14-4-3-5-20-14)17(2)9-13(19)10-18-8-12(15)7-16-18/h3-5,7-8,11,13,19H,6,9-10,15H2,1-2H3. The monoisotopic (exact) mass is 294 g/mol. The molecule has 5 nitrogen and oxygen atoms in total. The molecule has 0 amide bonds. The van der Waals surface area contributed by atoms with Gasteiger partial charge in [0.15, 0.2) is 0 Å². The van der Waals surface area contributed by atoms with E-state index < -0.39 is 6.10 Å². The number of aliphatic hydroxyl groups is 1. The molecule has 0 spiro atoms. The van der Waals surface area contributed by atoms with Gasteiger partial charge in [-0.05, 0) is 31.8 Å². The summed E-state index contributed by atoms with van der Waals surface area (Å²) in [5, 5.41) is 16.3. The molecule has 2 atom stereocenters. The normalized spacial score (nSPS) is 14.6. The number of aromatic nitrogens is 2. The smallest absolute Gasteiger partial charge is 0.0862 e. The second-order valence-corrected chi connectivity index (χ2v) is 6.25. The van der Waals surface area contributed by atoms with Crippen LogP contribution in [0.25, 0.3) is 0 Å². The van der Waals surface area contributed by atoms with E-state index >= 15 is 0 Å². The molecule has 0 aliphatic rings. The van der Waals surface area contributed by atoms with Crippen LogP contribution in [-0.2, 0) is 13.0 Å². The van der Waals surface area contributed by atoms with Crippen LogP contribution in [0.2, 0.25) is 0 Å². The number of thiophene rings is 1. The molecule has 2 rings (SSSR count). The maximum atomic E-state index is 10.1. The van der Waals surface area contributed by atoms with E-state index in [1.807, 2.05) is 7.05 Å². The van der Waals surface area contributed by atoms with Gasteiger partial charge in [-0.3, -0.25) is 4.68 Å². The second-order valence-electron chi connectivity index (χ2n) is 5.22. The molecule has 0 radical (unpaired) electrons. The van der Waals surface area contributed by atoms with E-state index in [9.17, 15) is 5.11 Å². The van der Waals surface area contributed by atoms with Crippen LogP contribution in [0.15, 0.2) is 29.9 Å². The minimum absolute atomic E-state index is 0.394. The Kier molecular flexibility index (Phi) is 5.17. The molecule has 110 valence electrons. The van der Waals surface area contributed by atoms with Gasteiger partial charge in [0.2, 0.25) is 0 Å². The number of nitrogen functional groups attached to an aromatic ring is 1. The first-order valence-electron chi connectivity index (χ1n) is 6.73. The molecule has 0 aromatic carbocycles. The van der Waals surface area contributed by atoms with Crippen molar-refractivity contribution >= 4 is 17.0 Å². The largest absolute Gasteiger partial charge is 0.396 e. The topological polar surface area (TPSA) is 67.3 Å². The highest BCUT2D eigenvalue weighted by Gasteiger charge is 2.15. The number of hydrogen-bond acceptors (Lipinski definition) is 5. The Labute approximate surface area is 123 Å². The predicted octanol–water partition coefficient (Wildman–Crippen LogP) is 1.45. The van der Waals surface area contributed by atoms with Crippen molar-refractivity contribution < 1.29 is 5.11 Å². The minimum Gasteiger partial charge on any atom is -0.396 e. The Morgan fingerprint density at radius 1 is 1.55 bits per heavy atom. The maximum Gasteiger partial charge on any atom is 0.0862 e. The van der Waals surface area contributed by atoms with Crippen molar-refractivity contribution in [1.82, 2.24) is 14.7 Å². The van der Waals surface area contributed by atoms with Gasteiger partial charge >= 0.3 is 0 Å². The van der Waals surface area contributed by atoms with Gasteiger partial charge in [0, 0.05) is 23.7 Å². The molecule has 2 unspecified atom stereocenters. The molecule has 0 aliphatic heterocycles. The number of anilines is 1. The van der Waals surface area contributed by atoms with E-state index in [0.29, 0.717) is 24.8 Å². The Hall–Kier alpha value is -1.37. The lowest BCUT2D eigenvalue weighted by Crippen LogP contribution is -2.38. The van der Waals surface area contributed by atoms with Crippen LogP contribution in [0, 0.1) is 0 Å². The molecule has 0 saturated heterocycles. The molecule has 0 fully saturated rings. The lowest BCUT2D eigenvalue weighted by Gasteiger charge is -2.26. The zero-order valence-electron chi connectivity index (χ0n) is 11.9. The number of hydrogen-bond donors (Lipinski definition) is 2. The van der Waals surface area contributed by atoms with Crippen molar-refractivity contribution in [2.75, 3.05) is 19.3 Å². The molecule has 0 aliphatic carbocycles. The Bertz CT molecular complexity index is 511. The third-order valence-electron chi connectivity index (χ3n) is 3.38. The summed E-state index contributed by atoms with van der Waals surface area (Å²) in [6, 6.07) is 4.62. The summed E-state index contributed by atoms with van der Waals surface area (Å²) >= 11 is 1.78. The number of rotatable bonds is 7. The summed E-state index contributed by atoms with van der Waals surface area (Å²) in [5.74, 6) is 0. The predicted molar refractivity (Wildman–Crippen MR) is 82.8 cm³/mol. The minimum atomic E-state index is -0.454. The SMILES string of the molecule is CC(Cc1cccs1)N(C)CC(O)Cn1cc(N)cn1. The summed E-state index contributed by atoms with van der Waals surface area (Å²) < 4.78 is 1.68. The molecule has 20 heavy (non-hydrogen) atoms. The third kappa shape index (κ3) is 4.33. The van der Waals surface area contributed by atoms with Crippen molar-refractivity contribution in [3.8, 4) is 0 Å². The average molecular weight is 294 g/mol.